The monoisotopic (exact) mass is 502 g/mol. The van der Waals surface area contributed by atoms with Gasteiger partial charge in [0.2, 0.25) is 0 Å². The molecule has 2 N–H and O–H groups in total. The zero-order valence-corrected chi connectivity index (χ0v) is 21.3. The molecule has 0 aliphatic carbocycles. The Hall–Kier alpha value is -4.33. The number of nitrogens with zero attached hydrogens (tertiary/aromatic N) is 2. The maximum absolute atomic E-state index is 13.4. The number of carbonyl (C=O) groups excluding carboxylic acids is 2. The van der Waals surface area contributed by atoms with Crippen molar-refractivity contribution in [3.8, 4) is 17.2 Å². The minimum absolute atomic E-state index is 0.0411. The van der Waals surface area contributed by atoms with Gasteiger partial charge in [-0.25, -0.2) is 0 Å². The Kier molecular flexibility index (Phi) is 7.47. The average molecular weight is 503 g/mol. The number of ether oxygens (including phenoxy) is 2. The molecule has 0 bridgehead atoms. The second-order valence-electron chi connectivity index (χ2n) is 9.40. The van der Waals surface area contributed by atoms with Crippen molar-refractivity contribution in [1.29, 1.82) is 0 Å². The molecule has 0 saturated carbocycles. The van der Waals surface area contributed by atoms with Crippen LogP contribution < -0.4 is 9.47 Å². The van der Waals surface area contributed by atoms with Crippen LogP contribution in [0.5, 0.6) is 17.2 Å². The number of methoxy groups -OCH3 is 1. The zero-order valence-electron chi connectivity index (χ0n) is 21.3. The van der Waals surface area contributed by atoms with E-state index in [2.05, 4.69) is 18.8 Å². The van der Waals surface area contributed by atoms with Crippen molar-refractivity contribution in [2.75, 3.05) is 13.7 Å². The molecular formula is C29H30N2O6. The van der Waals surface area contributed by atoms with Crippen LogP contribution in [-0.4, -0.2) is 45.5 Å². The molecule has 1 aliphatic heterocycles. The zero-order chi connectivity index (χ0) is 26.7. The number of aliphatic hydroxyl groups excluding tert-OH is 1. The second-order valence-corrected chi connectivity index (χ2v) is 9.40. The largest absolute Gasteiger partial charge is 0.507 e. The minimum Gasteiger partial charge on any atom is -0.507 e. The van der Waals surface area contributed by atoms with E-state index in [4.69, 9.17) is 9.47 Å². The smallest absolute Gasteiger partial charge is 0.295 e. The summed E-state index contributed by atoms with van der Waals surface area (Å²) in [6, 6.07) is 12.5. The van der Waals surface area contributed by atoms with Gasteiger partial charge < -0.3 is 24.6 Å². The Morgan fingerprint density at radius 3 is 2.57 bits per heavy atom. The topological polar surface area (TPSA) is 109 Å². The van der Waals surface area contributed by atoms with E-state index in [-0.39, 0.29) is 29.4 Å². The van der Waals surface area contributed by atoms with E-state index in [1.54, 1.807) is 54.9 Å². The van der Waals surface area contributed by atoms with Crippen molar-refractivity contribution in [3.05, 3.63) is 88.8 Å². The van der Waals surface area contributed by atoms with Crippen LogP contribution in [0.4, 0.5) is 0 Å². The van der Waals surface area contributed by atoms with E-state index in [0.717, 1.165) is 5.56 Å². The van der Waals surface area contributed by atoms with Gasteiger partial charge in [0.1, 0.15) is 11.5 Å². The van der Waals surface area contributed by atoms with E-state index in [1.165, 1.54) is 18.1 Å². The normalized spacial score (nSPS) is 16.9. The van der Waals surface area contributed by atoms with Crippen LogP contribution in [0.2, 0.25) is 0 Å². The molecule has 0 spiro atoms. The van der Waals surface area contributed by atoms with Crippen molar-refractivity contribution >= 4 is 17.4 Å². The van der Waals surface area contributed by atoms with Crippen molar-refractivity contribution < 1.29 is 29.3 Å². The number of aryl methyl sites for hydroxylation is 1. The molecule has 1 fully saturated rings. The van der Waals surface area contributed by atoms with Gasteiger partial charge >= 0.3 is 0 Å². The summed E-state index contributed by atoms with van der Waals surface area (Å²) in [6.45, 7) is 6.56. The molecule has 8 heteroatoms. The molecule has 1 aromatic heterocycles. The third kappa shape index (κ3) is 5.28. The predicted molar refractivity (Wildman–Crippen MR) is 138 cm³/mol. The lowest BCUT2D eigenvalue weighted by Gasteiger charge is -2.26. The van der Waals surface area contributed by atoms with Crippen molar-refractivity contribution in [2.24, 2.45) is 5.92 Å². The highest BCUT2D eigenvalue weighted by molar-refractivity contribution is 6.46. The molecule has 4 rings (SSSR count). The van der Waals surface area contributed by atoms with Gasteiger partial charge in [-0.2, -0.15) is 0 Å². The van der Waals surface area contributed by atoms with Crippen LogP contribution in [0.1, 0.15) is 42.1 Å². The van der Waals surface area contributed by atoms with Gasteiger partial charge in [0.05, 0.1) is 25.3 Å². The number of benzene rings is 2. The molecule has 1 aliphatic rings. The number of pyridine rings is 1. The lowest BCUT2D eigenvalue weighted by atomic mass is 9.93. The number of carbonyl (C=O) groups is 2. The van der Waals surface area contributed by atoms with E-state index >= 15 is 0 Å². The third-order valence-corrected chi connectivity index (χ3v) is 6.17. The van der Waals surface area contributed by atoms with E-state index in [1.807, 2.05) is 6.92 Å². The van der Waals surface area contributed by atoms with Crippen LogP contribution in [0, 0.1) is 12.8 Å². The third-order valence-electron chi connectivity index (χ3n) is 6.17. The standard InChI is InChI=1S/C29H30N2O6/c1-17(2)16-37-21-8-9-22(18(3)12-21)27(33)25-26(20-7-10-23(32)24(13-20)36-4)31(29(35)28(25)34)15-19-6-5-11-30-14-19/h5-14,17,26,32-33H,15-16H2,1-4H3. The molecule has 1 saturated heterocycles. The molecule has 2 heterocycles. The molecule has 37 heavy (non-hydrogen) atoms. The van der Waals surface area contributed by atoms with Crippen LogP contribution in [0.25, 0.3) is 5.76 Å². The fourth-order valence-corrected chi connectivity index (χ4v) is 4.34. The van der Waals surface area contributed by atoms with Gasteiger partial charge in [-0.1, -0.05) is 26.0 Å². The quantitative estimate of drug-likeness (QED) is 0.260. The van der Waals surface area contributed by atoms with Crippen LogP contribution >= 0.6 is 0 Å². The first-order valence-electron chi connectivity index (χ1n) is 12.0. The molecule has 0 radical (unpaired) electrons. The van der Waals surface area contributed by atoms with Crippen molar-refractivity contribution in [1.82, 2.24) is 9.88 Å². The number of hydrogen-bond acceptors (Lipinski definition) is 7. The van der Waals surface area contributed by atoms with Gasteiger partial charge in [-0.15, -0.1) is 0 Å². The number of ketones is 1. The fraction of sp³-hybridized carbons (Fsp3) is 0.276. The fourth-order valence-electron chi connectivity index (χ4n) is 4.34. The van der Waals surface area contributed by atoms with Crippen molar-refractivity contribution in [3.63, 3.8) is 0 Å². The average Bonchev–Trinajstić information content (AvgIpc) is 3.13. The van der Waals surface area contributed by atoms with E-state index in [0.29, 0.717) is 35.0 Å². The van der Waals surface area contributed by atoms with Crippen LogP contribution in [-0.2, 0) is 16.1 Å². The van der Waals surface area contributed by atoms with E-state index in [9.17, 15) is 19.8 Å². The van der Waals surface area contributed by atoms with Gasteiger partial charge in [0.25, 0.3) is 11.7 Å². The van der Waals surface area contributed by atoms with Gasteiger partial charge in [0, 0.05) is 24.5 Å². The Balaban J connectivity index is 1.83. The number of phenolic OH excluding ortho intramolecular Hbond substituents is 1. The summed E-state index contributed by atoms with van der Waals surface area (Å²) in [4.78, 5) is 32.1. The second kappa shape index (κ2) is 10.7. The summed E-state index contributed by atoms with van der Waals surface area (Å²) in [5, 5.41) is 21.6. The molecular weight excluding hydrogens is 472 g/mol. The molecule has 1 amide bonds. The summed E-state index contributed by atoms with van der Waals surface area (Å²) in [7, 11) is 1.41. The highest BCUT2D eigenvalue weighted by atomic mass is 16.5. The van der Waals surface area contributed by atoms with Gasteiger partial charge in [-0.05, 0) is 65.9 Å². The number of likely N-dealkylation sites (tertiary alicyclic amines) is 1. The molecule has 192 valence electrons. The lowest BCUT2D eigenvalue weighted by molar-refractivity contribution is -0.140. The summed E-state index contributed by atoms with van der Waals surface area (Å²) < 4.78 is 11.1. The predicted octanol–water partition coefficient (Wildman–Crippen LogP) is 4.76. The molecule has 1 unspecified atom stereocenters. The summed E-state index contributed by atoms with van der Waals surface area (Å²) in [6.07, 6.45) is 3.24. The minimum atomic E-state index is -0.911. The SMILES string of the molecule is COc1cc(C2C(=C(O)c3ccc(OCC(C)C)cc3C)C(=O)C(=O)N2Cc2cccnc2)ccc1O. The first kappa shape index (κ1) is 25.8. The van der Waals surface area contributed by atoms with E-state index < -0.39 is 17.7 Å². The number of amides is 1. The Morgan fingerprint density at radius 2 is 1.92 bits per heavy atom. The highest BCUT2D eigenvalue weighted by Crippen LogP contribution is 2.43. The first-order chi connectivity index (χ1) is 17.7. The Labute approximate surface area is 215 Å². The summed E-state index contributed by atoms with van der Waals surface area (Å²) >= 11 is 0. The number of rotatable bonds is 8. The first-order valence-corrected chi connectivity index (χ1v) is 12.0. The number of Topliss-reactive ketones (excluding diaryl/α,β-unsaturated/α-hetero) is 1. The number of aromatic hydroxyl groups is 1. The Morgan fingerprint density at radius 1 is 1.14 bits per heavy atom. The molecule has 3 aromatic rings. The molecule has 1 atom stereocenters. The summed E-state index contributed by atoms with van der Waals surface area (Å²) in [5.74, 6) is -0.700. The maximum Gasteiger partial charge on any atom is 0.295 e. The van der Waals surface area contributed by atoms with Gasteiger partial charge in [0.15, 0.2) is 11.5 Å². The van der Waals surface area contributed by atoms with Crippen molar-refractivity contribution in [2.45, 2.75) is 33.4 Å². The highest BCUT2D eigenvalue weighted by Gasteiger charge is 2.46. The van der Waals surface area contributed by atoms with Gasteiger partial charge in [-0.3, -0.25) is 14.6 Å². The maximum atomic E-state index is 13.4. The lowest BCUT2D eigenvalue weighted by Crippen LogP contribution is -2.29. The van der Waals surface area contributed by atoms with Crippen LogP contribution in [0.3, 0.4) is 0 Å². The summed E-state index contributed by atoms with van der Waals surface area (Å²) in [5.41, 5.74) is 2.31. The number of aliphatic hydroxyl groups is 1. The molecule has 2 aromatic carbocycles. The number of phenols is 1. The number of aromatic nitrogens is 1. The number of hydrogen-bond donors (Lipinski definition) is 2. The Bertz CT molecular complexity index is 1350. The molecule has 8 nitrogen and oxygen atoms in total. The van der Waals surface area contributed by atoms with Crippen LogP contribution in [0.15, 0.2) is 66.5 Å².